The third kappa shape index (κ3) is 2.95. The maximum absolute atomic E-state index is 13.1. The fraction of sp³-hybridized carbons (Fsp3) is 0.286. The summed E-state index contributed by atoms with van der Waals surface area (Å²) in [6.45, 7) is 4.21. The van der Waals surface area contributed by atoms with Crippen molar-refractivity contribution >= 4 is 28.8 Å². The Morgan fingerprint density at radius 3 is 2.62 bits per heavy atom. The summed E-state index contributed by atoms with van der Waals surface area (Å²) in [5.74, 6) is 0.212. The van der Waals surface area contributed by atoms with Crippen molar-refractivity contribution in [2.24, 2.45) is 5.41 Å². The highest BCUT2D eigenvalue weighted by Gasteiger charge is 2.39. The fourth-order valence-corrected chi connectivity index (χ4v) is 4.06. The predicted octanol–water partition coefficient (Wildman–Crippen LogP) is 5.27. The lowest BCUT2D eigenvalue weighted by Crippen LogP contribution is -2.31. The van der Waals surface area contributed by atoms with Gasteiger partial charge in [0.25, 0.3) is 0 Å². The molecule has 134 valence electrons. The minimum Gasteiger partial charge on any atom is -0.508 e. The summed E-state index contributed by atoms with van der Waals surface area (Å²) in [4.78, 5) is 13.1. The summed E-state index contributed by atoms with van der Waals surface area (Å²) in [5.41, 5.74) is 3.90. The topological polar surface area (TPSA) is 61.4 Å². The van der Waals surface area contributed by atoms with Crippen molar-refractivity contribution in [1.29, 1.82) is 0 Å². The van der Waals surface area contributed by atoms with Crippen LogP contribution in [0.25, 0.3) is 0 Å². The third-order valence-corrected chi connectivity index (χ3v) is 5.26. The lowest BCUT2D eigenvalue weighted by atomic mass is 9.73. The van der Waals surface area contributed by atoms with Crippen molar-refractivity contribution in [3.63, 3.8) is 0 Å². The number of Topliss-reactive ketones (excluding diaryl/α,β-unsaturated/α-hetero) is 1. The number of phenols is 1. The quantitative estimate of drug-likeness (QED) is 0.641. The number of anilines is 2. The van der Waals surface area contributed by atoms with Crippen LogP contribution in [-0.2, 0) is 4.79 Å². The van der Waals surface area contributed by atoms with E-state index in [4.69, 9.17) is 11.6 Å². The standard InChI is InChI=1S/C21H21ClN2O2/c1-21(2)10-16-19(18(26)11-21)20(13-9-12(22)7-8-17(13)25)24-15-6-4-3-5-14(15)23-16/h3-9,20,23-25H,10-11H2,1-2H3/t20-/m1/s1. The number of halogens is 1. The average molecular weight is 369 g/mol. The molecule has 2 aromatic carbocycles. The third-order valence-electron chi connectivity index (χ3n) is 5.02. The van der Waals surface area contributed by atoms with Crippen molar-refractivity contribution in [2.45, 2.75) is 32.7 Å². The second-order valence-electron chi connectivity index (χ2n) is 7.78. The van der Waals surface area contributed by atoms with Gasteiger partial charge in [0.1, 0.15) is 5.75 Å². The Labute approximate surface area is 157 Å². The highest BCUT2D eigenvalue weighted by molar-refractivity contribution is 6.30. The first kappa shape index (κ1) is 17.0. The second-order valence-corrected chi connectivity index (χ2v) is 8.22. The van der Waals surface area contributed by atoms with E-state index >= 15 is 0 Å². The Kier molecular flexibility index (Phi) is 3.96. The Morgan fingerprint density at radius 1 is 1.12 bits per heavy atom. The number of hydrogen-bond acceptors (Lipinski definition) is 4. The molecule has 3 N–H and O–H groups in total. The number of para-hydroxylation sites is 2. The molecule has 0 saturated carbocycles. The molecule has 26 heavy (non-hydrogen) atoms. The van der Waals surface area contributed by atoms with Gasteiger partial charge in [-0.25, -0.2) is 0 Å². The summed E-state index contributed by atoms with van der Waals surface area (Å²) >= 11 is 6.18. The number of benzene rings is 2. The molecular formula is C21H21ClN2O2. The zero-order valence-electron chi connectivity index (χ0n) is 14.8. The molecule has 0 radical (unpaired) electrons. The Hall–Kier alpha value is -2.46. The number of fused-ring (bicyclic) bond motifs is 1. The van der Waals surface area contributed by atoms with E-state index in [-0.39, 0.29) is 16.9 Å². The molecule has 0 bridgehead atoms. The van der Waals surface area contributed by atoms with Gasteiger partial charge in [-0.3, -0.25) is 4.79 Å². The van der Waals surface area contributed by atoms with Gasteiger partial charge in [0.2, 0.25) is 0 Å². The van der Waals surface area contributed by atoms with Gasteiger partial charge in [-0.1, -0.05) is 37.6 Å². The van der Waals surface area contributed by atoms with Crippen molar-refractivity contribution < 1.29 is 9.90 Å². The lowest BCUT2D eigenvalue weighted by Gasteiger charge is -2.34. The summed E-state index contributed by atoms with van der Waals surface area (Å²) in [6.07, 6.45) is 1.24. The van der Waals surface area contributed by atoms with Crippen LogP contribution >= 0.6 is 11.6 Å². The first-order valence-electron chi connectivity index (χ1n) is 8.71. The van der Waals surface area contributed by atoms with Crippen LogP contribution in [0.1, 0.15) is 38.3 Å². The molecule has 0 fully saturated rings. The number of rotatable bonds is 1. The van der Waals surface area contributed by atoms with Crippen molar-refractivity contribution in [1.82, 2.24) is 0 Å². The van der Waals surface area contributed by atoms with E-state index in [9.17, 15) is 9.90 Å². The molecule has 1 aliphatic heterocycles. The van der Waals surface area contributed by atoms with Crippen molar-refractivity contribution in [3.05, 3.63) is 64.3 Å². The van der Waals surface area contributed by atoms with Crippen LogP contribution in [0, 0.1) is 5.41 Å². The number of aromatic hydroxyl groups is 1. The van der Waals surface area contributed by atoms with E-state index in [1.54, 1.807) is 18.2 Å². The van der Waals surface area contributed by atoms with Crippen LogP contribution in [0.2, 0.25) is 5.02 Å². The first-order chi connectivity index (χ1) is 12.3. The number of carbonyl (C=O) groups excluding carboxylic acids is 1. The summed E-state index contributed by atoms with van der Waals surface area (Å²) in [5, 5.41) is 17.9. The van der Waals surface area contributed by atoms with Gasteiger partial charge in [-0.15, -0.1) is 0 Å². The van der Waals surface area contributed by atoms with Crippen LogP contribution < -0.4 is 10.6 Å². The Bertz CT molecular complexity index is 933. The number of ketones is 1. The van der Waals surface area contributed by atoms with Gasteiger partial charge < -0.3 is 15.7 Å². The molecule has 0 amide bonds. The van der Waals surface area contributed by atoms with Gasteiger partial charge in [0, 0.05) is 28.3 Å². The molecule has 0 saturated heterocycles. The molecule has 4 rings (SSSR count). The smallest absolute Gasteiger partial charge is 0.163 e. The normalized spacial score (nSPS) is 21.2. The monoisotopic (exact) mass is 368 g/mol. The number of phenolic OH excluding ortho intramolecular Hbond substituents is 1. The molecule has 2 aromatic rings. The molecule has 2 aliphatic rings. The van der Waals surface area contributed by atoms with Crippen molar-refractivity contribution in [3.8, 4) is 5.75 Å². The van der Waals surface area contributed by atoms with E-state index in [1.165, 1.54) is 0 Å². The van der Waals surface area contributed by atoms with Crippen molar-refractivity contribution in [2.75, 3.05) is 10.6 Å². The molecule has 0 aromatic heterocycles. The Balaban J connectivity index is 1.93. The molecule has 1 atom stereocenters. The van der Waals surface area contributed by atoms with Gasteiger partial charge in [0.05, 0.1) is 17.4 Å². The van der Waals surface area contributed by atoms with E-state index < -0.39 is 6.04 Å². The minimum absolute atomic E-state index is 0.0911. The van der Waals surface area contributed by atoms with Crippen LogP contribution in [0.4, 0.5) is 11.4 Å². The molecular weight excluding hydrogens is 348 g/mol. The highest BCUT2D eigenvalue weighted by atomic mass is 35.5. The number of allylic oxidation sites excluding steroid dienone is 1. The first-order valence-corrected chi connectivity index (χ1v) is 9.09. The average Bonchev–Trinajstić information content (AvgIpc) is 2.72. The maximum atomic E-state index is 13.1. The molecule has 0 unspecified atom stereocenters. The predicted molar refractivity (Wildman–Crippen MR) is 105 cm³/mol. The molecule has 1 heterocycles. The van der Waals surface area contributed by atoms with E-state index in [0.717, 1.165) is 23.5 Å². The van der Waals surface area contributed by atoms with Gasteiger partial charge in [-0.2, -0.15) is 0 Å². The SMILES string of the molecule is CC1(C)CC(=O)C2=C(C1)Nc1ccccc1N[C@@H]2c1cc(Cl)ccc1O. The number of carbonyl (C=O) groups is 1. The van der Waals surface area contributed by atoms with Crippen LogP contribution in [0.5, 0.6) is 5.75 Å². The molecule has 5 heteroatoms. The molecule has 0 spiro atoms. The van der Waals surface area contributed by atoms with Crippen LogP contribution in [-0.4, -0.2) is 10.9 Å². The van der Waals surface area contributed by atoms with Gasteiger partial charge in [-0.05, 0) is 42.2 Å². The van der Waals surface area contributed by atoms with E-state index in [1.807, 2.05) is 24.3 Å². The zero-order valence-corrected chi connectivity index (χ0v) is 15.5. The highest BCUT2D eigenvalue weighted by Crippen LogP contribution is 2.46. The van der Waals surface area contributed by atoms with Gasteiger partial charge in [0.15, 0.2) is 5.78 Å². The summed E-state index contributed by atoms with van der Waals surface area (Å²) in [7, 11) is 0. The summed E-state index contributed by atoms with van der Waals surface area (Å²) in [6, 6.07) is 12.3. The van der Waals surface area contributed by atoms with E-state index in [0.29, 0.717) is 22.6 Å². The lowest BCUT2D eigenvalue weighted by molar-refractivity contribution is -0.118. The largest absolute Gasteiger partial charge is 0.508 e. The molecule has 4 nitrogen and oxygen atoms in total. The van der Waals surface area contributed by atoms with Crippen LogP contribution in [0.3, 0.4) is 0 Å². The number of hydrogen-bond donors (Lipinski definition) is 3. The van der Waals surface area contributed by atoms with Gasteiger partial charge >= 0.3 is 0 Å². The Morgan fingerprint density at radius 2 is 1.85 bits per heavy atom. The number of nitrogens with one attached hydrogen (secondary N) is 2. The maximum Gasteiger partial charge on any atom is 0.163 e. The van der Waals surface area contributed by atoms with Crippen LogP contribution in [0.15, 0.2) is 53.7 Å². The minimum atomic E-state index is -0.455. The van der Waals surface area contributed by atoms with E-state index in [2.05, 4.69) is 24.5 Å². The second kappa shape index (κ2) is 6.06. The zero-order chi connectivity index (χ0) is 18.5. The summed E-state index contributed by atoms with van der Waals surface area (Å²) < 4.78 is 0. The molecule has 1 aliphatic carbocycles. The fourth-order valence-electron chi connectivity index (χ4n) is 3.88.